The first-order valence-electron chi connectivity index (χ1n) is 12.1. The fraction of sp³-hybridized carbons (Fsp3) is 0.385. The topological polar surface area (TPSA) is 131 Å². The predicted molar refractivity (Wildman–Crippen MR) is 136 cm³/mol. The second-order valence-corrected chi connectivity index (χ2v) is 9.85. The molecule has 1 aromatic heterocycles. The Labute approximate surface area is 218 Å². The van der Waals surface area contributed by atoms with E-state index in [1.165, 1.54) is 18.3 Å². The maximum Gasteiger partial charge on any atom is 0.307 e. The molecule has 0 radical (unpaired) electrons. The zero-order valence-electron chi connectivity index (χ0n) is 20.1. The van der Waals surface area contributed by atoms with Gasteiger partial charge in [0.2, 0.25) is 0 Å². The van der Waals surface area contributed by atoms with E-state index in [9.17, 15) is 19.1 Å². The molecule has 1 fully saturated rings. The van der Waals surface area contributed by atoms with E-state index in [1.54, 1.807) is 18.2 Å². The summed E-state index contributed by atoms with van der Waals surface area (Å²) in [6, 6.07) is 11.1. The minimum absolute atomic E-state index is 0.109. The number of rotatable bonds is 12. The van der Waals surface area contributed by atoms with Gasteiger partial charge >= 0.3 is 5.97 Å². The molecular formula is C26H29ClFN5O4. The van der Waals surface area contributed by atoms with Crippen molar-refractivity contribution in [2.45, 2.75) is 25.3 Å². The summed E-state index contributed by atoms with van der Waals surface area (Å²) < 4.78 is 14.3. The maximum atomic E-state index is 14.3. The van der Waals surface area contributed by atoms with Crippen LogP contribution < -0.4 is 5.32 Å². The van der Waals surface area contributed by atoms with Gasteiger partial charge in [0.25, 0.3) is 5.91 Å². The number of hydrogen-bond donors (Lipinski definition) is 4. The van der Waals surface area contributed by atoms with Crippen molar-refractivity contribution in [2.75, 3.05) is 26.2 Å². The number of aromatic nitrogens is 3. The van der Waals surface area contributed by atoms with Crippen LogP contribution in [0.3, 0.4) is 0 Å². The van der Waals surface area contributed by atoms with E-state index >= 15 is 0 Å². The Morgan fingerprint density at radius 1 is 1.22 bits per heavy atom. The second kappa shape index (κ2) is 12.3. The van der Waals surface area contributed by atoms with Crippen LogP contribution >= 0.6 is 11.6 Å². The molecule has 1 saturated heterocycles. The van der Waals surface area contributed by atoms with E-state index in [4.69, 9.17) is 16.7 Å². The van der Waals surface area contributed by atoms with Crippen LogP contribution in [0.4, 0.5) is 4.39 Å². The number of amides is 1. The molecule has 1 amide bonds. The SMILES string of the molecule is O=C(NC(Cc1ccc(-c2cc(Cl)ccc2F)cc1)CC(CN1CC(CCO)C1)C(=O)O)c1cn[nH]n1. The number of aliphatic carboxylic acids is 1. The second-order valence-electron chi connectivity index (χ2n) is 9.42. The average Bonchev–Trinajstić information content (AvgIpc) is 3.39. The number of nitrogens with one attached hydrogen (secondary N) is 2. The number of nitrogens with zero attached hydrogens (tertiary/aromatic N) is 3. The molecule has 196 valence electrons. The normalized spacial score (nSPS) is 15.6. The van der Waals surface area contributed by atoms with E-state index in [1.807, 2.05) is 12.1 Å². The van der Waals surface area contributed by atoms with Crippen LogP contribution in [-0.4, -0.2) is 74.7 Å². The smallest absolute Gasteiger partial charge is 0.307 e. The third-order valence-electron chi connectivity index (χ3n) is 6.63. The molecule has 4 rings (SSSR count). The molecule has 37 heavy (non-hydrogen) atoms. The number of carboxylic acids is 1. The molecule has 2 atom stereocenters. The van der Waals surface area contributed by atoms with E-state index in [-0.39, 0.29) is 24.5 Å². The highest BCUT2D eigenvalue weighted by Gasteiger charge is 2.32. The van der Waals surface area contributed by atoms with E-state index < -0.39 is 23.8 Å². The van der Waals surface area contributed by atoms with Crippen molar-refractivity contribution in [1.82, 2.24) is 25.6 Å². The van der Waals surface area contributed by atoms with Crippen molar-refractivity contribution >= 4 is 23.5 Å². The molecule has 2 unspecified atom stereocenters. The number of aromatic amines is 1. The maximum absolute atomic E-state index is 14.3. The Bertz CT molecular complexity index is 1200. The molecule has 2 heterocycles. The Morgan fingerprint density at radius 3 is 2.62 bits per heavy atom. The predicted octanol–water partition coefficient (Wildman–Crippen LogP) is 3.01. The Hall–Kier alpha value is -3.34. The third-order valence-corrected chi connectivity index (χ3v) is 6.86. The molecule has 3 aromatic rings. The fourth-order valence-electron chi connectivity index (χ4n) is 4.69. The summed E-state index contributed by atoms with van der Waals surface area (Å²) in [5, 5.41) is 32.2. The van der Waals surface area contributed by atoms with Crippen LogP contribution in [0, 0.1) is 17.7 Å². The first kappa shape index (κ1) is 26.7. The summed E-state index contributed by atoms with van der Waals surface area (Å²) in [5.74, 6) is -2.08. The Kier molecular flexibility index (Phi) is 8.86. The van der Waals surface area contributed by atoms with Gasteiger partial charge in [-0.1, -0.05) is 35.9 Å². The lowest BCUT2D eigenvalue weighted by Gasteiger charge is -2.40. The first-order valence-corrected chi connectivity index (χ1v) is 12.5. The minimum atomic E-state index is -0.932. The number of carbonyl (C=O) groups is 2. The van der Waals surface area contributed by atoms with Gasteiger partial charge in [-0.2, -0.15) is 15.4 Å². The Morgan fingerprint density at radius 2 is 1.97 bits per heavy atom. The lowest BCUT2D eigenvalue weighted by molar-refractivity contribution is -0.143. The number of halogens is 2. The molecule has 2 aromatic carbocycles. The standard InChI is InChI=1S/C26H29ClFN5O4/c27-20-5-6-23(28)22(11-20)18-3-1-16(2-4-18)9-21(30-25(35)24-12-29-32-31-24)10-19(26(36)37)15-33-13-17(14-33)7-8-34/h1-6,11-12,17,19,21,34H,7-10,13-15H2,(H,30,35)(H,36,37)(H,29,31,32). The number of H-pyrrole nitrogens is 1. The average molecular weight is 530 g/mol. The molecule has 4 N–H and O–H groups in total. The van der Waals surface area contributed by atoms with Crippen molar-refractivity contribution in [3.05, 3.63) is 70.8 Å². The summed E-state index contributed by atoms with van der Waals surface area (Å²) >= 11 is 6.02. The van der Waals surface area contributed by atoms with Crippen LogP contribution in [-0.2, 0) is 11.2 Å². The number of aliphatic hydroxyl groups excluding tert-OH is 1. The number of likely N-dealkylation sites (tertiary alicyclic amines) is 1. The lowest BCUT2D eigenvalue weighted by Crippen LogP contribution is -2.50. The zero-order valence-corrected chi connectivity index (χ0v) is 20.9. The van der Waals surface area contributed by atoms with Crippen LogP contribution in [0.25, 0.3) is 11.1 Å². The fourth-order valence-corrected chi connectivity index (χ4v) is 4.86. The minimum Gasteiger partial charge on any atom is -0.481 e. The number of hydrogen-bond acceptors (Lipinski definition) is 6. The summed E-state index contributed by atoms with van der Waals surface area (Å²) in [4.78, 5) is 26.9. The molecule has 0 bridgehead atoms. The molecule has 9 nitrogen and oxygen atoms in total. The molecule has 0 aliphatic carbocycles. The third kappa shape index (κ3) is 7.12. The largest absolute Gasteiger partial charge is 0.481 e. The van der Waals surface area contributed by atoms with Gasteiger partial charge in [0, 0.05) is 42.9 Å². The van der Waals surface area contributed by atoms with Crippen LogP contribution in [0.2, 0.25) is 5.02 Å². The van der Waals surface area contributed by atoms with Crippen LogP contribution in [0.15, 0.2) is 48.7 Å². The van der Waals surface area contributed by atoms with Crippen molar-refractivity contribution in [1.29, 1.82) is 0 Å². The molecule has 1 aliphatic rings. The summed E-state index contributed by atoms with van der Waals surface area (Å²) in [6.45, 7) is 1.99. The van der Waals surface area contributed by atoms with Crippen LogP contribution in [0.5, 0.6) is 0 Å². The highest BCUT2D eigenvalue weighted by atomic mass is 35.5. The van der Waals surface area contributed by atoms with Crippen molar-refractivity contribution in [3.8, 4) is 11.1 Å². The van der Waals surface area contributed by atoms with E-state index in [0.717, 1.165) is 18.7 Å². The lowest BCUT2D eigenvalue weighted by atomic mass is 9.90. The number of carbonyl (C=O) groups excluding carboxylic acids is 1. The summed E-state index contributed by atoms with van der Waals surface area (Å²) in [7, 11) is 0. The number of aliphatic hydroxyl groups is 1. The summed E-state index contributed by atoms with van der Waals surface area (Å²) in [5.41, 5.74) is 2.01. The Balaban J connectivity index is 1.47. The number of benzene rings is 2. The van der Waals surface area contributed by atoms with Crippen molar-refractivity contribution < 1.29 is 24.2 Å². The highest BCUT2D eigenvalue weighted by molar-refractivity contribution is 6.30. The monoisotopic (exact) mass is 529 g/mol. The van der Waals surface area contributed by atoms with Gasteiger partial charge in [0.05, 0.1) is 12.1 Å². The molecule has 1 aliphatic heterocycles. The van der Waals surface area contributed by atoms with E-state index in [0.29, 0.717) is 41.5 Å². The van der Waals surface area contributed by atoms with Gasteiger partial charge in [-0.15, -0.1) is 0 Å². The van der Waals surface area contributed by atoms with Gasteiger partial charge in [-0.05, 0) is 54.5 Å². The molecule has 0 spiro atoms. The summed E-state index contributed by atoms with van der Waals surface area (Å²) in [6.07, 6.45) is 2.60. The highest BCUT2D eigenvalue weighted by Crippen LogP contribution is 2.27. The van der Waals surface area contributed by atoms with Gasteiger partial charge < -0.3 is 20.4 Å². The zero-order chi connectivity index (χ0) is 26.4. The molecular weight excluding hydrogens is 501 g/mol. The first-order chi connectivity index (χ1) is 17.8. The van der Waals surface area contributed by atoms with Crippen LogP contribution in [0.1, 0.15) is 28.9 Å². The molecule has 11 heteroatoms. The van der Waals surface area contributed by atoms with Crippen molar-refractivity contribution in [2.24, 2.45) is 11.8 Å². The quantitative estimate of drug-likeness (QED) is 0.283. The molecule has 0 saturated carbocycles. The van der Waals surface area contributed by atoms with Gasteiger partial charge in [0.1, 0.15) is 5.82 Å². The number of carboxylic acid groups (broad SMARTS) is 1. The van der Waals surface area contributed by atoms with Crippen molar-refractivity contribution in [3.63, 3.8) is 0 Å². The van der Waals surface area contributed by atoms with E-state index in [2.05, 4.69) is 25.6 Å². The van der Waals surface area contributed by atoms with Gasteiger partial charge in [0.15, 0.2) is 5.69 Å². The van der Waals surface area contributed by atoms with Gasteiger partial charge in [-0.25, -0.2) is 4.39 Å². The van der Waals surface area contributed by atoms with Gasteiger partial charge in [-0.3, -0.25) is 9.59 Å².